The zero-order valence-electron chi connectivity index (χ0n) is 11.4. The molecule has 3 heterocycles. The third kappa shape index (κ3) is 2.38. The van der Waals surface area contributed by atoms with Crippen molar-refractivity contribution in [2.24, 2.45) is 0 Å². The molecule has 0 unspecified atom stereocenters. The Morgan fingerprint density at radius 2 is 2.40 bits per heavy atom. The first-order chi connectivity index (χ1) is 9.88. The summed E-state index contributed by atoms with van der Waals surface area (Å²) in [6, 6.07) is 0. The Kier molecular flexibility index (Phi) is 3.28. The van der Waals surface area contributed by atoms with Crippen molar-refractivity contribution >= 4 is 11.3 Å². The minimum absolute atomic E-state index is 0.437. The van der Waals surface area contributed by atoms with Crippen LogP contribution < -0.4 is 0 Å². The fourth-order valence-corrected chi connectivity index (χ4v) is 4.08. The Labute approximate surface area is 122 Å². The number of thiazole rings is 1. The molecule has 4 rings (SSSR count). The number of aromatic nitrogens is 4. The highest BCUT2D eigenvalue weighted by molar-refractivity contribution is 7.11. The number of aryl methyl sites for hydroxylation is 4. The van der Waals surface area contributed by atoms with Gasteiger partial charge in [0.2, 0.25) is 0 Å². The van der Waals surface area contributed by atoms with Gasteiger partial charge in [-0.2, -0.15) is 0 Å². The van der Waals surface area contributed by atoms with E-state index in [9.17, 15) is 0 Å². The molecule has 2 aromatic rings. The van der Waals surface area contributed by atoms with Crippen LogP contribution in [0.2, 0.25) is 0 Å². The van der Waals surface area contributed by atoms with Crippen molar-refractivity contribution in [1.29, 1.82) is 0 Å². The van der Waals surface area contributed by atoms with Gasteiger partial charge in [0.05, 0.1) is 23.0 Å². The normalized spacial score (nSPS) is 21.5. The van der Waals surface area contributed by atoms with Gasteiger partial charge in [0.25, 0.3) is 0 Å². The van der Waals surface area contributed by atoms with Crippen LogP contribution in [0.15, 0.2) is 6.20 Å². The van der Waals surface area contributed by atoms with Gasteiger partial charge < -0.3 is 4.74 Å². The van der Waals surface area contributed by atoms with Crippen LogP contribution in [0.25, 0.3) is 0 Å². The minimum Gasteiger partial charge on any atom is -0.381 e. The molecule has 20 heavy (non-hydrogen) atoms. The minimum atomic E-state index is 0.437. The first kappa shape index (κ1) is 12.5. The van der Waals surface area contributed by atoms with E-state index >= 15 is 0 Å². The van der Waals surface area contributed by atoms with Crippen molar-refractivity contribution < 1.29 is 4.74 Å². The first-order valence-electron chi connectivity index (χ1n) is 7.34. The summed E-state index contributed by atoms with van der Waals surface area (Å²) in [7, 11) is 0. The summed E-state index contributed by atoms with van der Waals surface area (Å²) in [5.41, 5.74) is 2.41. The van der Waals surface area contributed by atoms with Crippen molar-refractivity contribution in [3.63, 3.8) is 0 Å². The smallest absolute Gasteiger partial charge is 0.0949 e. The van der Waals surface area contributed by atoms with E-state index < -0.39 is 0 Å². The molecule has 1 fully saturated rings. The average Bonchev–Trinajstić information content (AvgIpc) is 3.19. The number of hydrogen-bond donors (Lipinski definition) is 0. The molecule has 0 amide bonds. The summed E-state index contributed by atoms with van der Waals surface area (Å²) in [6.07, 6.45) is 7.77. The maximum atomic E-state index is 5.40. The fourth-order valence-electron chi connectivity index (χ4n) is 2.94. The van der Waals surface area contributed by atoms with Crippen molar-refractivity contribution in [1.82, 2.24) is 20.0 Å². The highest BCUT2D eigenvalue weighted by Gasteiger charge is 2.21. The quantitative estimate of drug-likeness (QED) is 0.864. The standard InChI is InChI=1S/C14H18N4OS/c1-2-11-13(3-1)20-14(15-11)4-6-18-8-12(16-17-18)10-5-7-19-9-10/h8,10H,1-7,9H2/t10-/m1/s1. The van der Waals surface area contributed by atoms with Crippen LogP contribution in [0.5, 0.6) is 0 Å². The Bertz CT molecular complexity index is 579. The van der Waals surface area contributed by atoms with E-state index in [4.69, 9.17) is 9.72 Å². The van der Waals surface area contributed by atoms with Crippen molar-refractivity contribution in [3.05, 3.63) is 27.5 Å². The number of fused-ring (bicyclic) bond motifs is 1. The van der Waals surface area contributed by atoms with E-state index in [-0.39, 0.29) is 0 Å². The van der Waals surface area contributed by atoms with Crippen LogP contribution >= 0.6 is 11.3 Å². The predicted molar refractivity (Wildman–Crippen MR) is 76.0 cm³/mol. The van der Waals surface area contributed by atoms with Crippen molar-refractivity contribution in [2.75, 3.05) is 13.2 Å². The molecule has 0 spiro atoms. The summed E-state index contributed by atoms with van der Waals surface area (Å²) in [5, 5.41) is 9.75. The summed E-state index contributed by atoms with van der Waals surface area (Å²) in [6.45, 7) is 2.51. The molecule has 1 saturated heterocycles. The van der Waals surface area contributed by atoms with Gasteiger partial charge in [0.15, 0.2) is 0 Å². The Morgan fingerprint density at radius 3 is 3.25 bits per heavy atom. The molecule has 1 aliphatic carbocycles. The zero-order chi connectivity index (χ0) is 13.4. The van der Waals surface area contributed by atoms with Gasteiger partial charge in [0, 0.05) is 36.6 Å². The van der Waals surface area contributed by atoms with Gasteiger partial charge >= 0.3 is 0 Å². The van der Waals surface area contributed by atoms with Gasteiger partial charge in [0.1, 0.15) is 0 Å². The summed E-state index contributed by atoms with van der Waals surface area (Å²) in [4.78, 5) is 6.23. The van der Waals surface area contributed by atoms with E-state index in [1.165, 1.54) is 34.8 Å². The molecule has 106 valence electrons. The third-order valence-corrected chi connectivity index (χ3v) is 5.32. The maximum Gasteiger partial charge on any atom is 0.0949 e. The lowest BCUT2D eigenvalue weighted by atomic mass is 10.1. The van der Waals surface area contributed by atoms with E-state index in [0.717, 1.165) is 38.3 Å². The maximum absolute atomic E-state index is 5.40. The lowest BCUT2D eigenvalue weighted by Gasteiger charge is -2.00. The van der Waals surface area contributed by atoms with Crippen LogP contribution in [0, 0.1) is 0 Å². The molecule has 2 aromatic heterocycles. The second-order valence-corrected chi connectivity index (χ2v) is 6.72. The summed E-state index contributed by atoms with van der Waals surface area (Å²) >= 11 is 1.88. The van der Waals surface area contributed by atoms with Gasteiger partial charge in [-0.15, -0.1) is 16.4 Å². The lowest BCUT2D eigenvalue weighted by Crippen LogP contribution is -2.02. The molecule has 1 aliphatic heterocycles. The Hall–Kier alpha value is -1.27. The topological polar surface area (TPSA) is 52.8 Å². The molecular formula is C14H18N4OS. The Balaban J connectivity index is 1.39. The summed E-state index contributed by atoms with van der Waals surface area (Å²) in [5.74, 6) is 0.437. The lowest BCUT2D eigenvalue weighted by molar-refractivity contribution is 0.193. The summed E-state index contributed by atoms with van der Waals surface area (Å²) < 4.78 is 7.34. The second kappa shape index (κ2) is 5.26. The zero-order valence-corrected chi connectivity index (χ0v) is 12.2. The van der Waals surface area contributed by atoms with Crippen LogP contribution in [-0.2, 0) is 30.5 Å². The van der Waals surface area contributed by atoms with Crippen LogP contribution in [0.3, 0.4) is 0 Å². The first-order valence-corrected chi connectivity index (χ1v) is 8.15. The second-order valence-electron chi connectivity index (χ2n) is 5.55. The molecule has 5 nitrogen and oxygen atoms in total. The van der Waals surface area contributed by atoms with Crippen LogP contribution in [0.1, 0.15) is 40.0 Å². The fraction of sp³-hybridized carbons (Fsp3) is 0.643. The van der Waals surface area contributed by atoms with Crippen LogP contribution in [0.4, 0.5) is 0 Å². The third-order valence-electron chi connectivity index (χ3n) is 4.10. The van der Waals surface area contributed by atoms with Gasteiger partial charge in [-0.1, -0.05) is 5.21 Å². The Morgan fingerprint density at radius 1 is 1.40 bits per heavy atom. The van der Waals surface area contributed by atoms with Gasteiger partial charge in [-0.05, 0) is 25.7 Å². The molecule has 1 atom stereocenters. The van der Waals surface area contributed by atoms with E-state index in [0.29, 0.717) is 5.92 Å². The van der Waals surface area contributed by atoms with Gasteiger partial charge in [-0.3, -0.25) is 4.68 Å². The number of hydrogen-bond acceptors (Lipinski definition) is 5. The predicted octanol–water partition coefficient (Wildman–Crippen LogP) is 1.97. The molecule has 0 bridgehead atoms. The molecule has 0 radical (unpaired) electrons. The van der Waals surface area contributed by atoms with Crippen molar-refractivity contribution in [3.8, 4) is 0 Å². The molecule has 0 N–H and O–H groups in total. The van der Waals surface area contributed by atoms with E-state index in [1.54, 1.807) is 0 Å². The van der Waals surface area contributed by atoms with Crippen LogP contribution in [-0.4, -0.2) is 33.2 Å². The molecule has 6 heteroatoms. The molecule has 0 saturated carbocycles. The molecule has 0 aromatic carbocycles. The molecule has 2 aliphatic rings. The average molecular weight is 290 g/mol. The van der Waals surface area contributed by atoms with Crippen molar-refractivity contribution in [2.45, 2.75) is 44.6 Å². The van der Waals surface area contributed by atoms with Gasteiger partial charge in [-0.25, -0.2) is 4.98 Å². The highest BCUT2D eigenvalue weighted by atomic mass is 32.1. The van der Waals surface area contributed by atoms with E-state index in [2.05, 4.69) is 16.5 Å². The monoisotopic (exact) mass is 290 g/mol. The highest BCUT2D eigenvalue weighted by Crippen LogP contribution is 2.28. The molecular weight excluding hydrogens is 272 g/mol. The number of ether oxygens (including phenoxy) is 1. The number of rotatable bonds is 4. The number of nitrogens with zero attached hydrogens (tertiary/aromatic N) is 4. The SMILES string of the molecule is c1c([C@@H]2CCOC2)nnn1CCc1nc2c(s1)CCC2. The van der Waals surface area contributed by atoms with E-state index in [1.807, 2.05) is 16.0 Å². The largest absolute Gasteiger partial charge is 0.381 e.